The molecule has 1 aromatic carbocycles. The lowest BCUT2D eigenvalue weighted by molar-refractivity contribution is 0.379. The molecule has 19 heavy (non-hydrogen) atoms. The van der Waals surface area contributed by atoms with Crippen LogP contribution in [0.3, 0.4) is 0 Å². The standard InChI is InChI=1S/C15H21N3O/c1-4-13-12(9-10-16)15(19-3)18(17-13)14-8-6-5-7-11(14)2/h5-8H,4,9-10,16H2,1-3H3. The molecule has 0 radical (unpaired) electrons. The van der Waals surface area contributed by atoms with Gasteiger partial charge in [0.2, 0.25) is 5.88 Å². The van der Waals surface area contributed by atoms with Crippen LogP contribution in [0.1, 0.15) is 23.7 Å². The summed E-state index contributed by atoms with van der Waals surface area (Å²) < 4.78 is 7.45. The van der Waals surface area contributed by atoms with Gasteiger partial charge in [0.25, 0.3) is 0 Å². The zero-order chi connectivity index (χ0) is 13.8. The van der Waals surface area contributed by atoms with Crippen molar-refractivity contribution in [3.8, 4) is 11.6 Å². The number of benzene rings is 1. The second-order valence-corrected chi connectivity index (χ2v) is 4.53. The Morgan fingerprint density at radius 3 is 2.63 bits per heavy atom. The van der Waals surface area contributed by atoms with Crippen LogP contribution in [-0.4, -0.2) is 23.4 Å². The number of nitrogens with zero attached hydrogens (tertiary/aromatic N) is 2. The molecule has 2 aromatic rings. The van der Waals surface area contributed by atoms with Crippen molar-refractivity contribution >= 4 is 0 Å². The first-order valence-electron chi connectivity index (χ1n) is 6.63. The Balaban J connectivity index is 2.60. The zero-order valence-corrected chi connectivity index (χ0v) is 11.8. The third-order valence-electron chi connectivity index (χ3n) is 3.29. The van der Waals surface area contributed by atoms with Crippen LogP contribution in [0.15, 0.2) is 24.3 Å². The van der Waals surface area contributed by atoms with Crippen LogP contribution in [0.5, 0.6) is 5.88 Å². The summed E-state index contributed by atoms with van der Waals surface area (Å²) in [6.45, 7) is 4.78. The van der Waals surface area contributed by atoms with Gasteiger partial charge in [-0.2, -0.15) is 5.10 Å². The number of hydrogen-bond acceptors (Lipinski definition) is 3. The van der Waals surface area contributed by atoms with Crippen LogP contribution in [0.4, 0.5) is 0 Å². The Hall–Kier alpha value is -1.81. The molecule has 0 atom stereocenters. The van der Waals surface area contributed by atoms with Crippen LogP contribution in [0.2, 0.25) is 0 Å². The number of para-hydroxylation sites is 1. The molecule has 0 spiro atoms. The van der Waals surface area contributed by atoms with E-state index in [-0.39, 0.29) is 0 Å². The molecule has 1 heterocycles. The second-order valence-electron chi connectivity index (χ2n) is 4.53. The molecule has 2 N–H and O–H groups in total. The Morgan fingerprint density at radius 2 is 2.05 bits per heavy atom. The first-order chi connectivity index (χ1) is 9.22. The molecule has 4 heteroatoms. The van der Waals surface area contributed by atoms with Gasteiger partial charge in [-0.05, 0) is 37.9 Å². The van der Waals surface area contributed by atoms with Gasteiger partial charge in [-0.1, -0.05) is 25.1 Å². The van der Waals surface area contributed by atoms with E-state index in [1.807, 2.05) is 16.8 Å². The third-order valence-corrected chi connectivity index (χ3v) is 3.29. The zero-order valence-electron chi connectivity index (χ0n) is 11.8. The van der Waals surface area contributed by atoms with Crippen molar-refractivity contribution < 1.29 is 4.74 Å². The quantitative estimate of drug-likeness (QED) is 0.896. The van der Waals surface area contributed by atoms with Crippen molar-refractivity contribution in [1.29, 1.82) is 0 Å². The van der Waals surface area contributed by atoms with Gasteiger partial charge in [-0.3, -0.25) is 0 Å². The first-order valence-corrected chi connectivity index (χ1v) is 6.63. The first kappa shape index (κ1) is 13.6. The second kappa shape index (κ2) is 5.89. The van der Waals surface area contributed by atoms with Crippen molar-refractivity contribution in [2.45, 2.75) is 26.7 Å². The topological polar surface area (TPSA) is 53.1 Å². The molecule has 0 aliphatic carbocycles. The van der Waals surface area contributed by atoms with Gasteiger partial charge in [-0.25, -0.2) is 4.68 Å². The van der Waals surface area contributed by atoms with E-state index in [1.165, 1.54) is 5.56 Å². The number of aryl methyl sites for hydroxylation is 2. The number of methoxy groups -OCH3 is 1. The van der Waals surface area contributed by atoms with Crippen molar-refractivity contribution in [3.63, 3.8) is 0 Å². The van der Waals surface area contributed by atoms with Crippen LogP contribution in [-0.2, 0) is 12.8 Å². The molecule has 0 aliphatic heterocycles. The molecule has 0 saturated carbocycles. The Kier molecular flexibility index (Phi) is 4.22. The van der Waals surface area contributed by atoms with Gasteiger partial charge >= 0.3 is 0 Å². The number of ether oxygens (including phenoxy) is 1. The van der Waals surface area contributed by atoms with Crippen LogP contribution in [0, 0.1) is 6.92 Å². The summed E-state index contributed by atoms with van der Waals surface area (Å²) in [4.78, 5) is 0. The maximum absolute atomic E-state index is 5.69. The van der Waals surface area contributed by atoms with E-state index in [4.69, 9.17) is 10.5 Å². The highest BCUT2D eigenvalue weighted by Crippen LogP contribution is 2.28. The van der Waals surface area contributed by atoms with E-state index >= 15 is 0 Å². The average Bonchev–Trinajstić information content (AvgIpc) is 2.77. The molecule has 0 bridgehead atoms. The Morgan fingerprint density at radius 1 is 1.32 bits per heavy atom. The fourth-order valence-electron chi connectivity index (χ4n) is 2.33. The number of nitrogens with two attached hydrogens (primary N) is 1. The Bertz CT molecular complexity index is 561. The highest BCUT2D eigenvalue weighted by molar-refractivity contribution is 5.46. The Labute approximate surface area is 114 Å². The molecule has 102 valence electrons. The van der Waals surface area contributed by atoms with Gasteiger partial charge in [-0.15, -0.1) is 0 Å². The van der Waals surface area contributed by atoms with Gasteiger partial charge in [0.05, 0.1) is 18.5 Å². The van der Waals surface area contributed by atoms with E-state index < -0.39 is 0 Å². The fourth-order valence-corrected chi connectivity index (χ4v) is 2.33. The monoisotopic (exact) mass is 259 g/mol. The van der Waals surface area contributed by atoms with Gasteiger partial charge in [0, 0.05) is 5.56 Å². The minimum atomic E-state index is 0.600. The van der Waals surface area contributed by atoms with Crippen molar-refractivity contribution in [3.05, 3.63) is 41.1 Å². The van der Waals surface area contributed by atoms with Crippen molar-refractivity contribution in [2.75, 3.05) is 13.7 Å². The minimum Gasteiger partial charge on any atom is -0.481 e. The average molecular weight is 259 g/mol. The van der Waals surface area contributed by atoms with Gasteiger partial charge in [0.15, 0.2) is 0 Å². The van der Waals surface area contributed by atoms with Crippen molar-refractivity contribution in [1.82, 2.24) is 9.78 Å². The predicted molar refractivity (Wildman–Crippen MR) is 77.0 cm³/mol. The van der Waals surface area contributed by atoms with E-state index in [2.05, 4.69) is 31.1 Å². The molecular formula is C15H21N3O. The molecule has 0 unspecified atom stereocenters. The molecule has 2 rings (SSSR count). The summed E-state index contributed by atoms with van der Waals surface area (Å²) in [6.07, 6.45) is 1.67. The summed E-state index contributed by atoms with van der Waals surface area (Å²) in [7, 11) is 1.69. The van der Waals surface area contributed by atoms with Crippen LogP contribution < -0.4 is 10.5 Å². The fraction of sp³-hybridized carbons (Fsp3) is 0.400. The molecule has 0 fully saturated rings. The molecule has 4 nitrogen and oxygen atoms in total. The van der Waals surface area contributed by atoms with Crippen molar-refractivity contribution in [2.24, 2.45) is 5.73 Å². The summed E-state index contributed by atoms with van der Waals surface area (Å²) in [6, 6.07) is 8.16. The summed E-state index contributed by atoms with van der Waals surface area (Å²) in [5.74, 6) is 0.802. The lowest BCUT2D eigenvalue weighted by Crippen LogP contribution is -2.06. The predicted octanol–water partition coefficient (Wildman–Crippen LogP) is 2.25. The molecule has 0 aliphatic rings. The molecular weight excluding hydrogens is 238 g/mol. The third kappa shape index (κ3) is 2.49. The number of rotatable bonds is 5. The van der Waals surface area contributed by atoms with E-state index in [1.54, 1.807) is 7.11 Å². The van der Waals surface area contributed by atoms with Gasteiger partial charge in [0.1, 0.15) is 0 Å². The van der Waals surface area contributed by atoms with Crippen LogP contribution in [0.25, 0.3) is 5.69 Å². The van der Waals surface area contributed by atoms with E-state index in [0.717, 1.165) is 35.7 Å². The number of aromatic nitrogens is 2. The maximum atomic E-state index is 5.69. The lowest BCUT2D eigenvalue weighted by atomic mass is 10.1. The normalized spacial score (nSPS) is 10.7. The summed E-state index contributed by atoms with van der Waals surface area (Å²) in [5, 5.41) is 4.69. The largest absolute Gasteiger partial charge is 0.481 e. The molecule has 0 saturated heterocycles. The van der Waals surface area contributed by atoms with E-state index in [0.29, 0.717) is 6.54 Å². The van der Waals surface area contributed by atoms with Crippen LogP contribution >= 0.6 is 0 Å². The summed E-state index contributed by atoms with van der Waals surface area (Å²) >= 11 is 0. The highest BCUT2D eigenvalue weighted by atomic mass is 16.5. The maximum Gasteiger partial charge on any atom is 0.219 e. The SMILES string of the molecule is CCc1nn(-c2ccccc2C)c(OC)c1CCN. The smallest absolute Gasteiger partial charge is 0.219 e. The number of hydrogen-bond donors (Lipinski definition) is 1. The van der Waals surface area contributed by atoms with Gasteiger partial charge < -0.3 is 10.5 Å². The minimum absolute atomic E-state index is 0.600. The summed E-state index contributed by atoms with van der Waals surface area (Å²) in [5.41, 5.74) is 10.1. The molecule has 1 aromatic heterocycles. The van der Waals surface area contributed by atoms with E-state index in [9.17, 15) is 0 Å². The molecule has 0 amide bonds. The highest BCUT2D eigenvalue weighted by Gasteiger charge is 2.18. The lowest BCUT2D eigenvalue weighted by Gasteiger charge is -2.10.